The lowest BCUT2D eigenvalue weighted by Crippen LogP contribution is -2.45. The molecule has 2 aliphatic carbocycles. The number of amides is 1. The summed E-state index contributed by atoms with van der Waals surface area (Å²) < 4.78 is 38.6. The lowest BCUT2D eigenvalue weighted by molar-refractivity contribution is -0.144. The monoisotopic (exact) mass is 311 g/mol. The van der Waals surface area contributed by atoms with E-state index < -0.39 is 18.6 Å². The topological polar surface area (TPSA) is 20.3 Å². The fourth-order valence-electron chi connectivity index (χ4n) is 3.30. The molecule has 0 radical (unpaired) electrons. The Labute approximate surface area is 128 Å². The molecular formula is C17H20F3NO. The number of carbonyl (C=O) groups excluding carboxylic acids is 1. The van der Waals surface area contributed by atoms with Gasteiger partial charge in [-0.3, -0.25) is 4.79 Å². The Bertz CT molecular complexity index is 578. The molecule has 0 aromatic heterocycles. The number of rotatable bonds is 4. The van der Waals surface area contributed by atoms with E-state index in [0.717, 1.165) is 42.6 Å². The fraction of sp³-hybridized carbons (Fsp3) is 0.588. The highest BCUT2D eigenvalue weighted by Gasteiger charge is 2.40. The van der Waals surface area contributed by atoms with Crippen molar-refractivity contribution in [1.29, 1.82) is 0 Å². The third kappa shape index (κ3) is 3.28. The van der Waals surface area contributed by atoms with E-state index in [0.29, 0.717) is 5.56 Å². The molecule has 0 heterocycles. The molecule has 5 heteroatoms. The quantitative estimate of drug-likeness (QED) is 0.823. The first kappa shape index (κ1) is 15.4. The molecule has 1 aromatic carbocycles. The van der Waals surface area contributed by atoms with Gasteiger partial charge >= 0.3 is 6.18 Å². The fourth-order valence-corrected chi connectivity index (χ4v) is 3.30. The molecule has 1 saturated carbocycles. The lowest BCUT2D eigenvalue weighted by atomic mass is 10.0. The van der Waals surface area contributed by atoms with Crippen LogP contribution < -0.4 is 0 Å². The Hall–Kier alpha value is -1.52. The standard InChI is InChI=1S/C17H20F3NO/c1-11(12-5-6-12)21(10-17(18,19)20)16(22)15-8-7-13-3-2-4-14(13)9-15/h7-9,11-12H,2-6,10H2,1H3/t11-/m1/s1. The zero-order chi connectivity index (χ0) is 15.9. The van der Waals surface area contributed by atoms with Crippen LogP contribution in [0.15, 0.2) is 18.2 Å². The van der Waals surface area contributed by atoms with Crippen molar-refractivity contribution in [2.75, 3.05) is 6.54 Å². The summed E-state index contributed by atoms with van der Waals surface area (Å²) in [5, 5.41) is 0. The Balaban J connectivity index is 1.84. The highest BCUT2D eigenvalue weighted by atomic mass is 19.4. The van der Waals surface area contributed by atoms with Gasteiger partial charge in [0.1, 0.15) is 6.54 Å². The van der Waals surface area contributed by atoms with Gasteiger partial charge in [-0.1, -0.05) is 6.07 Å². The van der Waals surface area contributed by atoms with E-state index in [9.17, 15) is 18.0 Å². The summed E-state index contributed by atoms with van der Waals surface area (Å²) in [6, 6.07) is 4.99. The summed E-state index contributed by atoms with van der Waals surface area (Å²) >= 11 is 0. The molecule has 0 unspecified atom stereocenters. The first-order chi connectivity index (χ1) is 10.3. The molecule has 1 atom stereocenters. The first-order valence-electron chi connectivity index (χ1n) is 7.84. The van der Waals surface area contributed by atoms with Crippen molar-refractivity contribution in [3.63, 3.8) is 0 Å². The molecule has 0 saturated heterocycles. The van der Waals surface area contributed by atoms with Gasteiger partial charge in [-0.2, -0.15) is 13.2 Å². The molecule has 1 amide bonds. The van der Waals surface area contributed by atoms with Crippen LogP contribution in [0.2, 0.25) is 0 Å². The van der Waals surface area contributed by atoms with Crippen molar-refractivity contribution in [2.24, 2.45) is 5.92 Å². The molecular weight excluding hydrogens is 291 g/mol. The summed E-state index contributed by atoms with van der Waals surface area (Å²) in [7, 11) is 0. The van der Waals surface area contributed by atoms with Crippen molar-refractivity contribution in [1.82, 2.24) is 4.90 Å². The van der Waals surface area contributed by atoms with Crippen LogP contribution in [0.4, 0.5) is 13.2 Å². The Morgan fingerprint density at radius 1 is 1.27 bits per heavy atom. The largest absolute Gasteiger partial charge is 0.406 e. The highest BCUT2D eigenvalue weighted by molar-refractivity contribution is 5.94. The molecule has 3 rings (SSSR count). The van der Waals surface area contributed by atoms with Crippen LogP contribution >= 0.6 is 0 Å². The maximum atomic E-state index is 12.9. The Morgan fingerprint density at radius 3 is 2.59 bits per heavy atom. The van der Waals surface area contributed by atoms with E-state index >= 15 is 0 Å². The van der Waals surface area contributed by atoms with Crippen LogP contribution in [0, 0.1) is 5.92 Å². The van der Waals surface area contributed by atoms with Crippen molar-refractivity contribution in [2.45, 2.75) is 51.2 Å². The van der Waals surface area contributed by atoms with Crippen LogP contribution in [-0.2, 0) is 12.8 Å². The van der Waals surface area contributed by atoms with Crippen LogP contribution in [0.5, 0.6) is 0 Å². The second-order valence-electron chi connectivity index (χ2n) is 6.46. The molecule has 0 bridgehead atoms. The molecule has 1 aromatic rings. The third-order valence-electron chi connectivity index (χ3n) is 4.75. The molecule has 0 aliphatic heterocycles. The molecule has 0 N–H and O–H groups in total. The predicted molar refractivity (Wildman–Crippen MR) is 77.7 cm³/mol. The summed E-state index contributed by atoms with van der Waals surface area (Å²) in [5.41, 5.74) is 2.71. The Morgan fingerprint density at radius 2 is 1.95 bits per heavy atom. The molecule has 1 fully saturated rings. The second-order valence-corrected chi connectivity index (χ2v) is 6.46. The van der Waals surface area contributed by atoms with Gasteiger partial charge in [-0.25, -0.2) is 0 Å². The Kier molecular flexibility index (Phi) is 3.91. The number of hydrogen-bond donors (Lipinski definition) is 0. The smallest absolute Gasteiger partial charge is 0.327 e. The highest BCUT2D eigenvalue weighted by Crippen LogP contribution is 2.37. The normalized spacial score (nSPS) is 18.9. The number of halogens is 3. The van der Waals surface area contributed by atoms with E-state index in [-0.39, 0.29) is 12.0 Å². The number of carbonyl (C=O) groups is 1. The average molecular weight is 311 g/mol. The van der Waals surface area contributed by atoms with Gasteiger partial charge in [0, 0.05) is 11.6 Å². The van der Waals surface area contributed by atoms with Crippen LogP contribution in [0.3, 0.4) is 0 Å². The minimum atomic E-state index is -4.37. The lowest BCUT2D eigenvalue weighted by Gasteiger charge is -2.30. The number of alkyl halides is 3. The molecule has 2 aliphatic rings. The molecule has 2 nitrogen and oxygen atoms in total. The number of nitrogens with zero attached hydrogens (tertiary/aromatic N) is 1. The van der Waals surface area contributed by atoms with Crippen molar-refractivity contribution >= 4 is 5.91 Å². The van der Waals surface area contributed by atoms with Gasteiger partial charge < -0.3 is 4.90 Å². The summed E-state index contributed by atoms with van der Waals surface area (Å²) in [6.45, 7) is 0.565. The molecule has 0 spiro atoms. The number of benzene rings is 1. The van der Waals surface area contributed by atoms with E-state index in [1.54, 1.807) is 19.1 Å². The van der Waals surface area contributed by atoms with E-state index in [2.05, 4.69) is 0 Å². The van der Waals surface area contributed by atoms with E-state index in [1.165, 1.54) is 5.56 Å². The van der Waals surface area contributed by atoms with E-state index in [4.69, 9.17) is 0 Å². The molecule has 120 valence electrons. The zero-order valence-corrected chi connectivity index (χ0v) is 12.6. The van der Waals surface area contributed by atoms with Gasteiger partial charge in [0.05, 0.1) is 0 Å². The minimum absolute atomic E-state index is 0.209. The number of hydrogen-bond acceptors (Lipinski definition) is 1. The maximum Gasteiger partial charge on any atom is 0.406 e. The van der Waals surface area contributed by atoms with Crippen molar-refractivity contribution in [3.05, 3.63) is 34.9 Å². The summed E-state index contributed by atoms with van der Waals surface area (Å²) in [4.78, 5) is 13.6. The van der Waals surface area contributed by atoms with Crippen LogP contribution in [0.25, 0.3) is 0 Å². The van der Waals surface area contributed by atoms with E-state index in [1.807, 2.05) is 6.07 Å². The zero-order valence-electron chi connectivity index (χ0n) is 12.6. The summed E-state index contributed by atoms with van der Waals surface area (Å²) in [5.74, 6) is -0.285. The SMILES string of the molecule is C[C@H](C1CC1)N(CC(F)(F)F)C(=O)c1ccc2c(c1)CCC2. The van der Waals surface area contributed by atoms with Crippen molar-refractivity contribution in [3.8, 4) is 0 Å². The molecule has 22 heavy (non-hydrogen) atoms. The van der Waals surface area contributed by atoms with Gasteiger partial charge in [-0.15, -0.1) is 0 Å². The van der Waals surface area contributed by atoms with Gasteiger partial charge in [0.2, 0.25) is 0 Å². The maximum absolute atomic E-state index is 12.9. The second kappa shape index (κ2) is 5.60. The predicted octanol–water partition coefficient (Wildman–Crippen LogP) is 3.98. The first-order valence-corrected chi connectivity index (χ1v) is 7.84. The summed E-state index contributed by atoms with van der Waals surface area (Å²) in [6.07, 6.45) is 0.412. The van der Waals surface area contributed by atoms with Gasteiger partial charge in [0.15, 0.2) is 0 Å². The average Bonchev–Trinajstić information content (AvgIpc) is 3.20. The van der Waals surface area contributed by atoms with Crippen LogP contribution in [0.1, 0.15) is 47.7 Å². The minimum Gasteiger partial charge on any atom is -0.327 e. The third-order valence-corrected chi connectivity index (χ3v) is 4.75. The van der Waals surface area contributed by atoms with Crippen LogP contribution in [-0.4, -0.2) is 29.6 Å². The van der Waals surface area contributed by atoms with Gasteiger partial charge in [0.25, 0.3) is 5.91 Å². The van der Waals surface area contributed by atoms with Gasteiger partial charge in [-0.05, 0) is 68.2 Å². The number of aryl methyl sites for hydroxylation is 2. The van der Waals surface area contributed by atoms with Crippen molar-refractivity contribution < 1.29 is 18.0 Å². The number of fused-ring (bicyclic) bond motifs is 1.